The summed E-state index contributed by atoms with van der Waals surface area (Å²) in [5, 5.41) is 10.2. The molecule has 0 heterocycles. The lowest BCUT2D eigenvalue weighted by Gasteiger charge is -2.21. The molecule has 1 saturated carbocycles. The van der Waals surface area contributed by atoms with Crippen molar-refractivity contribution in [3.63, 3.8) is 0 Å². The molecular weight excluding hydrogens is 275 g/mol. The summed E-state index contributed by atoms with van der Waals surface area (Å²) in [6.07, 6.45) is -0.874. The number of anilines is 1. The number of aliphatic hydroxyl groups is 1. The van der Waals surface area contributed by atoms with Crippen LogP contribution in [0.5, 0.6) is 0 Å². The number of hydrogen-bond acceptors (Lipinski definition) is 3. The van der Waals surface area contributed by atoms with Crippen molar-refractivity contribution in [2.45, 2.75) is 42.4 Å². The quantitative estimate of drug-likeness (QED) is 0.659. The minimum atomic E-state index is -4.37. The lowest BCUT2D eigenvalue weighted by atomic mass is 10.1. The maximum absolute atomic E-state index is 12.5. The summed E-state index contributed by atoms with van der Waals surface area (Å²) >= 11 is 1.32. The van der Waals surface area contributed by atoms with Gasteiger partial charge >= 0.3 is 6.18 Å². The van der Waals surface area contributed by atoms with E-state index in [1.807, 2.05) is 0 Å². The van der Waals surface area contributed by atoms with Crippen molar-refractivity contribution in [2.75, 3.05) is 11.5 Å². The number of benzene rings is 1. The lowest BCUT2D eigenvalue weighted by Crippen LogP contribution is -2.27. The van der Waals surface area contributed by atoms with Crippen LogP contribution in [0.1, 0.15) is 31.2 Å². The molecule has 1 aliphatic rings. The predicted molar refractivity (Wildman–Crippen MR) is 70.0 cm³/mol. The van der Waals surface area contributed by atoms with E-state index in [1.54, 1.807) is 0 Å². The molecule has 6 heteroatoms. The van der Waals surface area contributed by atoms with E-state index in [1.165, 1.54) is 17.8 Å². The zero-order valence-corrected chi connectivity index (χ0v) is 11.2. The molecule has 2 nitrogen and oxygen atoms in total. The number of thioether (sulfide) groups is 1. The maximum Gasteiger partial charge on any atom is 0.416 e. The molecule has 106 valence electrons. The Morgan fingerprint density at radius 3 is 2.42 bits per heavy atom. The van der Waals surface area contributed by atoms with Gasteiger partial charge in [0.2, 0.25) is 0 Å². The zero-order chi connectivity index (χ0) is 14.1. The number of hydrogen-bond donors (Lipinski definition) is 2. The average molecular weight is 291 g/mol. The van der Waals surface area contributed by atoms with Crippen LogP contribution in [0.4, 0.5) is 18.9 Å². The second-order valence-corrected chi connectivity index (χ2v) is 5.99. The molecule has 19 heavy (non-hydrogen) atoms. The first-order chi connectivity index (χ1) is 8.80. The monoisotopic (exact) mass is 291 g/mol. The van der Waals surface area contributed by atoms with Gasteiger partial charge in [-0.25, -0.2) is 0 Å². The third kappa shape index (κ3) is 3.57. The van der Waals surface area contributed by atoms with Crippen molar-refractivity contribution in [1.29, 1.82) is 0 Å². The summed E-state index contributed by atoms with van der Waals surface area (Å²) in [4.78, 5) is 0.591. The van der Waals surface area contributed by atoms with Crippen molar-refractivity contribution >= 4 is 17.4 Å². The summed E-state index contributed by atoms with van der Waals surface area (Å²) in [7, 11) is 0. The fourth-order valence-corrected chi connectivity index (χ4v) is 3.35. The van der Waals surface area contributed by atoms with E-state index >= 15 is 0 Å². The first-order valence-corrected chi connectivity index (χ1v) is 7.11. The highest BCUT2D eigenvalue weighted by molar-refractivity contribution is 7.99. The zero-order valence-electron chi connectivity index (χ0n) is 10.3. The molecule has 2 rings (SSSR count). The van der Waals surface area contributed by atoms with E-state index in [9.17, 15) is 18.3 Å². The highest BCUT2D eigenvalue weighted by Crippen LogP contribution is 2.38. The maximum atomic E-state index is 12.5. The van der Waals surface area contributed by atoms with E-state index in [-0.39, 0.29) is 5.69 Å². The van der Waals surface area contributed by atoms with E-state index in [0.717, 1.165) is 37.8 Å². The van der Waals surface area contributed by atoms with Crippen LogP contribution in [0.15, 0.2) is 23.1 Å². The SMILES string of the molecule is Nc1cc(C(F)(F)F)ccc1SCC1(O)CCCC1. The Hall–Kier alpha value is -0.880. The Bertz CT molecular complexity index is 456. The minimum absolute atomic E-state index is 0.112. The number of rotatable bonds is 3. The van der Waals surface area contributed by atoms with Crippen LogP contribution in [-0.2, 0) is 6.18 Å². The molecule has 3 N–H and O–H groups in total. The van der Waals surface area contributed by atoms with Gasteiger partial charge in [-0.3, -0.25) is 0 Å². The first kappa shape index (κ1) is 14.5. The van der Waals surface area contributed by atoms with Crippen LogP contribution < -0.4 is 5.73 Å². The number of nitrogens with two attached hydrogens (primary N) is 1. The van der Waals surface area contributed by atoms with Gasteiger partial charge in [0.1, 0.15) is 0 Å². The molecule has 0 unspecified atom stereocenters. The molecular formula is C13H16F3NOS. The van der Waals surface area contributed by atoms with Crippen LogP contribution in [0.25, 0.3) is 0 Å². The second kappa shape index (κ2) is 5.25. The Labute approximate surface area is 114 Å². The van der Waals surface area contributed by atoms with Gasteiger partial charge in [-0.15, -0.1) is 11.8 Å². The standard InChI is InChI=1S/C13H16F3NOS/c14-13(15,16)9-3-4-11(10(17)7-9)19-8-12(18)5-1-2-6-12/h3-4,7,18H,1-2,5-6,8,17H2. The summed E-state index contributed by atoms with van der Waals surface area (Å²) in [5.74, 6) is 0.475. The van der Waals surface area contributed by atoms with Gasteiger partial charge in [-0.1, -0.05) is 12.8 Å². The van der Waals surface area contributed by atoms with Crippen LogP contribution in [0.2, 0.25) is 0 Å². The van der Waals surface area contributed by atoms with Gasteiger partial charge in [0, 0.05) is 16.3 Å². The largest absolute Gasteiger partial charge is 0.416 e. The molecule has 0 bridgehead atoms. The number of alkyl halides is 3. The van der Waals surface area contributed by atoms with E-state index in [0.29, 0.717) is 10.6 Å². The molecule has 0 saturated heterocycles. The minimum Gasteiger partial charge on any atom is -0.398 e. The molecule has 1 aliphatic carbocycles. The topological polar surface area (TPSA) is 46.2 Å². The van der Waals surface area contributed by atoms with Crippen molar-refractivity contribution in [1.82, 2.24) is 0 Å². The van der Waals surface area contributed by atoms with Crippen LogP contribution in [-0.4, -0.2) is 16.5 Å². The molecule has 0 aliphatic heterocycles. The molecule has 0 aromatic heterocycles. The first-order valence-electron chi connectivity index (χ1n) is 6.12. The summed E-state index contributed by atoms with van der Waals surface area (Å²) in [6.45, 7) is 0. The van der Waals surface area contributed by atoms with Gasteiger partial charge < -0.3 is 10.8 Å². The third-order valence-corrected chi connectivity index (χ3v) is 4.73. The molecule has 0 radical (unpaired) electrons. The van der Waals surface area contributed by atoms with Crippen LogP contribution >= 0.6 is 11.8 Å². The van der Waals surface area contributed by atoms with Crippen molar-refractivity contribution in [3.8, 4) is 0 Å². The van der Waals surface area contributed by atoms with Crippen LogP contribution in [0, 0.1) is 0 Å². The number of halogens is 3. The van der Waals surface area contributed by atoms with E-state index in [4.69, 9.17) is 5.73 Å². The van der Waals surface area contributed by atoms with E-state index < -0.39 is 17.3 Å². The van der Waals surface area contributed by atoms with Crippen LogP contribution in [0.3, 0.4) is 0 Å². The normalized spacial score (nSPS) is 18.7. The van der Waals surface area contributed by atoms with Crippen molar-refractivity contribution in [2.24, 2.45) is 0 Å². The highest BCUT2D eigenvalue weighted by atomic mass is 32.2. The summed E-state index contributed by atoms with van der Waals surface area (Å²) in [6, 6.07) is 3.35. The Balaban J connectivity index is 2.05. The number of nitrogen functional groups attached to an aromatic ring is 1. The van der Waals surface area contributed by atoms with Gasteiger partial charge in [0.05, 0.1) is 11.2 Å². The Morgan fingerprint density at radius 2 is 1.89 bits per heavy atom. The fourth-order valence-electron chi connectivity index (χ4n) is 2.25. The molecule has 1 aromatic carbocycles. The summed E-state index contributed by atoms with van der Waals surface area (Å²) in [5.41, 5.74) is 4.32. The van der Waals surface area contributed by atoms with Gasteiger partial charge in [-0.05, 0) is 31.0 Å². The van der Waals surface area contributed by atoms with Crippen molar-refractivity contribution < 1.29 is 18.3 Å². The molecule has 1 aromatic rings. The average Bonchev–Trinajstić information content (AvgIpc) is 2.74. The molecule has 0 atom stereocenters. The predicted octanol–water partition coefficient (Wildman–Crippen LogP) is 3.68. The van der Waals surface area contributed by atoms with Gasteiger partial charge in [0.15, 0.2) is 0 Å². The Morgan fingerprint density at radius 1 is 1.26 bits per heavy atom. The smallest absolute Gasteiger partial charge is 0.398 e. The molecule has 0 amide bonds. The summed E-state index contributed by atoms with van der Waals surface area (Å²) < 4.78 is 37.5. The van der Waals surface area contributed by atoms with E-state index in [2.05, 4.69) is 0 Å². The molecule has 1 fully saturated rings. The van der Waals surface area contributed by atoms with Gasteiger partial charge in [0.25, 0.3) is 0 Å². The lowest BCUT2D eigenvalue weighted by molar-refractivity contribution is -0.137. The third-order valence-electron chi connectivity index (χ3n) is 3.37. The van der Waals surface area contributed by atoms with Gasteiger partial charge in [-0.2, -0.15) is 13.2 Å². The fraction of sp³-hybridized carbons (Fsp3) is 0.538. The second-order valence-electron chi connectivity index (χ2n) is 4.97. The Kier molecular flexibility index (Phi) is 4.01. The molecule has 0 spiro atoms. The highest BCUT2D eigenvalue weighted by Gasteiger charge is 2.32. The van der Waals surface area contributed by atoms with Crippen molar-refractivity contribution in [3.05, 3.63) is 23.8 Å².